The Kier molecular flexibility index (Phi) is 5.26. The Balaban J connectivity index is 2.57. The molecule has 1 aliphatic rings. The second-order valence-electron chi connectivity index (χ2n) is 6.12. The molecule has 0 saturated carbocycles. The summed E-state index contributed by atoms with van der Waals surface area (Å²) < 4.78 is 0. The van der Waals surface area contributed by atoms with E-state index in [-0.39, 0.29) is 0 Å². The first-order chi connectivity index (χ1) is 7.52. The van der Waals surface area contributed by atoms with Gasteiger partial charge in [0, 0.05) is 19.1 Å². The van der Waals surface area contributed by atoms with Crippen molar-refractivity contribution in [1.29, 1.82) is 0 Å². The van der Waals surface area contributed by atoms with E-state index >= 15 is 0 Å². The Bertz CT molecular complexity index is 203. The predicted octanol–water partition coefficient (Wildman–Crippen LogP) is 2.74. The summed E-state index contributed by atoms with van der Waals surface area (Å²) in [7, 11) is 2.07. The van der Waals surface area contributed by atoms with Crippen molar-refractivity contribution in [1.82, 2.24) is 10.2 Å². The van der Waals surface area contributed by atoms with Crippen molar-refractivity contribution in [2.45, 2.75) is 53.0 Å². The molecule has 1 N–H and O–H groups in total. The molecule has 2 unspecified atom stereocenters. The summed E-state index contributed by atoms with van der Waals surface area (Å²) in [5.41, 5.74) is 0.437. The van der Waals surface area contributed by atoms with Gasteiger partial charge < -0.3 is 5.32 Å². The topological polar surface area (TPSA) is 15.3 Å². The number of nitrogens with one attached hydrogen (secondary N) is 1. The van der Waals surface area contributed by atoms with Crippen molar-refractivity contribution in [3.05, 3.63) is 0 Å². The summed E-state index contributed by atoms with van der Waals surface area (Å²) in [6, 6.07) is 0.822. The smallest absolute Gasteiger partial charge is 0.0119 e. The van der Waals surface area contributed by atoms with Gasteiger partial charge in [0.05, 0.1) is 0 Å². The van der Waals surface area contributed by atoms with Crippen LogP contribution in [-0.4, -0.2) is 37.6 Å². The highest BCUT2D eigenvalue weighted by atomic mass is 15.2. The molecule has 0 amide bonds. The highest BCUT2D eigenvalue weighted by Gasteiger charge is 2.32. The van der Waals surface area contributed by atoms with Gasteiger partial charge in [0.1, 0.15) is 0 Å². The summed E-state index contributed by atoms with van der Waals surface area (Å²) in [6.07, 6.45) is 4.05. The monoisotopic (exact) mass is 226 g/mol. The fraction of sp³-hybridized carbons (Fsp3) is 1.00. The highest BCUT2D eigenvalue weighted by molar-refractivity contribution is 4.87. The lowest BCUT2D eigenvalue weighted by atomic mass is 9.86. The molecule has 0 aromatic carbocycles. The molecule has 0 bridgehead atoms. The molecule has 0 aromatic heterocycles. The molecule has 2 nitrogen and oxygen atoms in total. The quantitative estimate of drug-likeness (QED) is 0.749. The zero-order valence-corrected chi connectivity index (χ0v) is 11.8. The molecule has 1 rings (SSSR count). The summed E-state index contributed by atoms with van der Waals surface area (Å²) in [5, 5.41) is 3.35. The normalized spacial score (nSPS) is 26.2. The molecule has 0 radical (unpaired) electrons. The average molecular weight is 226 g/mol. The standard InChI is InChI=1S/C14H30N2/c1-6-14(4,10-15-5)11-16-9-7-8-13(16)12(2)3/h12-13,15H,6-11H2,1-5H3. The molecule has 0 spiro atoms. The van der Waals surface area contributed by atoms with E-state index in [1.165, 1.54) is 32.4 Å². The van der Waals surface area contributed by atoms with Crippen molar-refractivity contribution >= 4 is 0 Å². The molecule has 1 fully saturated rings. The minimum absolute atomic E-state index is 0.437. The number of nitrogens with zero attached hydrogens (tertiary/aromatic N) is 1. The fourth-order valence-electron chi connectivity index (χ4n) is 3.01. The van der Waals surface area contributed by atoms with Crippen LogP contribution in [0.3, 0.4) is 0 Å². The lowest BCUT2D eigenvalue weighted by molar-refractivity contribution is 0.124. The molecule has 1 aliphatic heterocycles. The van der Waals surface area contributed by atoms with Gasteiger partial charge in [-0.25, -0.2) is 0 Å². The zero-order chi connectivity index (χ0) is 12.2. The molecule has 1 saturated heterocycles. The van der Waals surface area contributed by atoms with Gasteiger partial charge >= 0.3 is 0 Å². The Morgan fingerprint density at radius 2 is 2.12 bits per heavy atom. The van der Waals surface area contributed by atoms with Crippen LogP contribution < -0.4 is 5.32 Å². The van der Waals surface area contributed by atoms with E-state index in [1.807, 2.05) is 0 Å². The molecule has 2 atom stereocenters. The van der Waals surface area contributed by atoms with Crippen LogP contribution in [0.25, 0.3) is 0 Å². The van der Waals surface area contributed by atoms with Crippen molar-refractivity contribution in [3.63, 3.8) is 0 Å². The highest BCUT2D eigenvalue weighted by Crippen LogP contribution is 2.29. The maximum absolute atomic E-state index is 3.35. The molecular formula is C14H30N2. The fourth-order valence-corrected chi connectivity index (χ4v) is 3.01. The summed E-state index contributed by atoms with van der Waals surface area (Å²) in [4.78, 5) is 2.73. The van der Waals surface area contributed by atoms with Crippen molar-refractivity contribution in [3.8, 4) is 0 Å². The Hall–Kier alpha value is -0.0800. The van der Waals surface area contributed by atoms with E-state index in [9.17, 15) is 0 Å². The van der Waals surface area contributed by atoms with Crippen molar-refractivity contribution in [2.24, 2.45) is 11.3 Å². The van der Waals surface area contributed by atoms with Gasteiger partial charge in [-0.05, 0) is 44.2 Å². The van der Waals surface area contributed by atoms with Gasteiger partial charge in [-0.2, -0.15) is 0 Å². The lowest BCUT2D eigenvalue weighted by Gasteiger charge is -2.37. The van der Waals surface area contributed by atoms with Crippen LogP contribution in [0.1, 0.15) is 47.0 Å². The SMILES string of the molecule is CCC(C)(CNC)CN1CCCC1C(C)C. The van der Waals surface area contributed by atoms with Gasteiger partial charge in [-0.1, -0.05) is 27.7 Å². The maximum Gasteiger partial charge on any atom is 0.0119 e. The summed E-state index contributed by atoms with van der Waals surface area (Å²) >= 11 is 0. The molecule has 2 heteroatoms. The maximum atomic E-state index is 3.35. The van der Waals surface area contributed by atoms with E-state index in [0.717, 1.165) is 18.5 Å². The average Bonchev–Trinajstić information content (AvgIpc) is 2.66. The Labute approximate surface area is 102 Å². The van der Waals surface area contributed by atoms with Gasteiger partial charge in [-0.3, -0.25) is 4.90 Å². The minimum Gasteiger partial charge on any atom is -0.319 e. The molecule has 0 aliphatic carbocycles. The van der Waals surface area contributed by atoms with E-state index in [1.54, 1.807) is 0 Å². The van der Waals surface area contributed by atoms with E-state index in [0.29, 0.717) is 5.41 Å². The second-order valence-corrected chi connectivity index (χ2v) is 6.12. The van der Waals surface area contributed by atoms with Crippen molar-refractivity contribution < 1.29 is 0 Å². The van der Waals surface area contributed by atoms with E-state index in [4.69, 9.17) is 0 Å². The van der Waals surface area contributed by atoms with Crippen LogP contribution in [0.15, 0.2) is 0 Å². The van der Waals surface area contributed by atoms with Crippen LogP contribution >= 0.6 is 0 Å². The second kappa shape index (κ2) is 6.02. The lowest BCUT2D eigenvalue weighted by Crippen LogP contribution is -2.44. The van der Waals surface area contributed by atoms with Crippen LogP contribution in [-0.2, 0) is 0 Å². The summed E-state index contributed by atoms with van der Waals surface area (Å²) in [6.45, 7) is 13.2. The first kappa shape index (κ1) is 14.0. The molecule has 0 aromatic rings. The van der Waals surface area contributed by atoms with Crippen molar-refractivity contribution in [2.75, 3.05) is 26.7 Å². The third-order valence-electron chi connectivity index (χ3n) is 4.23. The van der Waals surface area contributed by atoms with E-state index in [2.05, 4.69) is 45.0 Å². The first-order valence-corrected chi connectivity index (χ1v) is 6.91. The molecule has 1 heterocycles. The van der Waals surface area contributed by atoms with Gasteiger partial charge in [0.15, 0.2) is 0 Å². The van der Waals surface area contributed by atoms with E-state index < -0.39 is 0 Å². The number of rotatable bonds is 6. The zero-order valence-electron chi connectivity index (χ0n) is 11.8. The minimum atomic E-state index is 0.437. The first-order valence-electron chi connectivity index (χ1n) is 6.91. The molecular weight excluding hydrogens is 196 g/mol. The number of hydrogen-bond donors (Lipinski definition) is 1. The number of likely N-dealkylation sites (tertiary alicyclic amines) is 1. The Morgan fingerprint density at radius 1 is 1.44 bits per heavy atom. The molecule has 96 valence electrons. The van der Waals surface area contributed by atoms with Gasteiger partial charge in [0.25, 0.3) is 0 Å². The number of hydrogen-bond acceptors (Lipinski definition) is 2. The van der Waals surface area contributed by atoms with Crippen LogP contribution in [0.2, 0.25) is 0 Å². The van der Waals surface area contributed by atoms with Crippen LogP contribution in [0.5, 0.6) is 0 Å². The third kappa shape index (κ3) is 3.46. The van der Waals surface area contributed by atoms with Crippen LogP contribution in [0.4, 0.5) is 0 Å². The third-order valence-corrected chi connectivity index (χ3v) is 4.23. The Morgan fingerprint density at radius 3 is 2.62 bits per heavy atom. The van der Waals surface area contributed by atoms with Crippen LogP contribution in [0, 0.1) is 11.3 Å². The summed E-state index contributed by atoms with van der Waals surface area (Å²) in [5.74, 6) is 0.804. The van der Waals surface area contributed by atoms with Gasteiger partial charge in [0.2, 0.25) is 0 Å². The van der Waals surface area contributed by atoms with Gasteiger partial charge in [-0.15, -0.1) is 0 Å². The largest absolute Gasteiger partial charge is 0.319 e. The molecule has 16 heavy (non-hydrogen) atoms. The predicted molar refractivity (Wildman–Crippen MR) is 71.8 cm³/mol.